The Morgan fingerprint density at radius 1 is 1.88 bits per heavy atom. The van der Waals surface area contributed by atoms with Crippen LogP contribution in [0.3, 0.4) is 0 Å². The quantitative estimate of drug-likeness (QED) is 0.463. The predicted octanol–water partition coefficient (Wildman–Crippen LogP) is -0.919. The van der Waals surface area contributed by atoms with Crippen molar-refractivity contribution in [1.29, 1.82) is 0 Å². The van der Waals surface area contributed by atoms with Crippen molar-refractivity contribution in [2.75, 3.05) is 13.1 Å². The number of amides is 1. The molecule has 3 heteroatoms. The monoisotopic (exact) mass is 114 g/mol. The number of carbonyl (C=O) groups is 1. The second-order valence-electron chi connectivity index (χ2n) is 2.11. The van der Waals surface area contributed by atoms with Crippen LogP contribution in [-0.4, -0.2) is 19.0 Å². The highest BCUT2D eigenvalue weighted by Crippen LogP contribution is 2.04. The summed E-state index contributed by atoms with van der Waals surface area (Å²) in [4.78, 5) is 10.4. The summed E-state index contributed by atoms with van der Waals surface area (Å²) in [6.07, 6.45) is 0.622. The zero-order chi connectivity index (χ0) is 5.98. The van der Waals surface area contributed by atoms with Crippen molar-refractivity contribution in [2.45, 2.75) is 6.42 Å². The second kappa shape index (κ2) is 2.13. The largest absolute Gasteiger partial charge is 0.356 e. The normalized spacial score (nSPS) is 28.1. The molecule has 0 aromatic rings. The molecule has 1 rings (SSSR count). The molecular formula is C5H10N2O. The zero-order valence-corrected chi connectivity index (χ0v) is 4.68. The van der Waals surface area contributed by atoms with Crippen molar-refractivity contribution in [2.24, 2.45) is 11.7 Å². The van der Waals surface area contributed by atoms with Gasteiger partial charge >= 0.3 is 0 Å². The molecular weight excluding hydrogens is 104 g/mol. The van der Waals surface area contributed by atoms with E-state index in [0.717, 1.165) is 6.54 Å². The molecule has 1 aliphatic rings. The molecule has 1 fully saturated rings. The van der Waals surface area contributed by atoms with Gasteiger partial charge in [-0.1, -0.05) is 0 Å². The Bertz CT molecular complexity index is 103. The van der Waals surface area contributed by atoms with Gasteiger partial charge in [-0.25, -0.2) is 0 Å². The third kappa shape index (κ3) is 0.980. The molecule has 0 aromatic carbocycles. The van der Waals surface area contributed by atoms with Gasteiger partial charge in [0.1, 0.15) is 0 Å². The lowest BCUT2D eigenvalue weighted by molar-refractivity contribution is -0.119. The van der Waals surface area contributed by atoms with Gasteiger partial charge in [-0.3, -0.25) is 4.79 Å². The zero-order valence-electron chi connectivity index (χ0n) is 4.68. The number of carbonyl (C=O) groups excluding carboxylic acids is 1. The molecule has 0 spiro atoms. The van der Waals surface area contributed by atoms with Crippen molar-refractivity contribution in [3.05, 3.63) is 0 Å². The number of hydrogen-bond donors (Lipinski definition) is 2. The molecule has 3 N–H and O–H groups in total. The van der Waals surface area contributed by atoms with Crippen LogP contribution in [0.15, 0.2) is 0 Å². The molecule has 3 nitrogen and oxygen atoms in total. The standard InChI is InChI=1S/C5H10N2O/c6-2-4-1-5(8)7-3-4/h4H,1-3,6H2,(H,7,8)/t4-/m0/s1. The van der Waals surface area contributed by atoms with E-state index in [1.165, 1.54) is 0 Å². The molecule has 1 aliphatic heterocycles. The maximum atomic E-state index is 10.4. The Labute approximate surface area is 48.2 Å². The van der Waals surface area contributed by atoms with Crippen LogP contribution in [0, 0.1) is 5.92 Å². The van der Waals surface area contributed by atoms with E-state index in [2.05, 4.69) is 5.32 Å². The summed E-state index contributed by atoms with van der Waals surface area (Å²) in [5.74, 6) is 0.531. The van der Waals surface area contributed by atoms with E-state index < -0.39 is 0 Å². The van der Waals surface area contributed by atoms with Gasteiger partial charge in [0.25, 0.3) is 0 Å². The maximum Gasteiger partial charge on any atom is 0.220 e. The lowest BCUT2D eigenvalue weighted by Crippen LogP contribution is -2.17. The number of nitrogens with one attached hydrogen (secondary N) is 1. The summed E-state index contributed by atoms with van der Waals surface area (Å²) in [5, 5.41) is 2.70. The fourth-order valence-corrected chi connectivity index (χ4v) is 0.831. The summed E-state index contributed by atoms with van der Waals surface area (Å²) in [5.41, 5.74) is 5.30. The first-order chi connectivity index (χ1) is 3.83. The Hall–Kier alpha value is -0.570. The molecule has 0 saturated carbocycles. The van der Waals surface area contributed by atoms with Gasteiger partial charge in [-0.15, -0.1) is 0 Å². The van der Waals surface area contributed by atoms with Gasteiger partial charge in [-0.05, 0) is 12.5 Å². The van der Waals surface area contributed by atoms with E-state index in [-0.39, 0.29) is 5.91 Å². The van der Waals surface area contributed by atoms with Gasteiger partial charge < -0.3 is 11.1 Å². The van der Waals surface area contributed by atoms with Gasteiger partial charge in [0, 0.05) is 13.0 Å². The molecule has 0 aromatic heterocycles. The van der Waals surface area contributed by atoms with Crippen molar-refractivity contribution in [1.82, 2.24) is 5.32 Å². The molecule has 1 heterocycles. The predicted molar refractivity (Wildman–Crippen MR) is 30.2 cm³/mol. The minimum atomic E-state index is 0.139. The van der Waals surface area contributed by atoms with Crippen LogP contribution in [0.5, 0.6) is 0 Å². The number of hydrogen-bond acceptors (Lipinski definition) is 2. The van der Waals surface area contributed by atoms with Gasteiger partial charge in [0.2, 0.25) is 5.91 Å². The molecule has 1 saturated heterocycles. The Morgan fingerprint density at radius 2 is 2.62 bits per heavy atom. The fourth-order valence-electron chi connectivity index (χ4n) is 0.831. The van der Waals surface area contributed by atoms with Crippen LogP contribution < -0.4 is 11.1 Å². The highest BCUT2D eigenvalue weighted by Gasteiger charge is 2.18. The van der Waals surface area contributed by atoms with Crippen LogP contribution in [0.4, 0.5) is 0 Å². The molecule has 1 atom stereocenters. The molecule has 46 valence electrons. The molecule has 1 amide bonds. The van der Waals surface area contributed by atoms with E-state index in [1.54, 1.807) is 0 Å². The summed E-state index contributed by atoms with van der Waals surface area (Å²) in [7, 11) is 0. The fraction of sp³-hybridized carbons (Fsp3) is 0.800. The first kappa shape index (κ1) is 5.56. The van der Waals surface area contributed by atoms with Gasteiger partial charge in [0.15, 0.2) is 0 Å². The summed E-state index contributed by atoms with van der Waals surface area (Å²) >= 11 is 0. The summed E-state index contributed by atoms with van der Waals surface area (Å²) < 4.78 is 0. The first-order valence-electron chi connectivity index (χ1n) is 2.79. The minimum Gasteiger partial charge on any atom is -0.356 e. The smallest absolute Gasteiger partial charge is 0.220 e. The Balaban J connectivity index is 2.32. The average Bonchev–Trinajstić information content (AvgIpc) is 2.14. The number of nitrogens with two attached hydrogens (primary N) is 1. The van der Waals surface area contributed by atoms with E-state index in [0.29, 0.717) is 18.9 Å². The van der Waals surface area contributed by atoms with E-state index in [4.69, 9.17) is 5.73 Å². The summed E-state index contributed by atoms with van der Waals surface area (Å²) in [6.45, 7) is 1.40. The average molecular weight is 114 g/mol. The van der Waals surface area contributed by atoms with Crippen LogP contribution in [-0.2, 0) is 4.79 Å². The molecule has 0 aliphatic carbocycles. The SMILES string of the molecule is NC[C@H]1CNC(=O)C1. The van der Waals surface area contributed by atoms with Crippen LogP contribution in [0.2, 0.25) is 0 Å². The van der Waals surface area contributed by atoms with Gasteiger partial charge in [-0.2, -0.15) is 0 Å². The molecule has 0 bridgehead atoms. The van der Waals surface area contributed by atoms with E-state index >= 15 is 0 Å². The lowest BCUT2D eigenvalue weighted by Gasteiger charge is -1.97. The van der Waals surface area contributed by atoms with Crippen molar-refractivity contribution < 1.29 is 4.79 Å². The number of rotatable bonds is 1. The van der Waals surface area contributed by atoms with Crippen molar-refractivity contribution >= 4 is 5.91 Å². The Kier molecular flexibility index (Phi) is 1.48. The third-order valence-corrected chi connectivity index (χ3v) is 1.40. The molecule has 0 radical (unpaired) electrons. The Morgan fingerprint density at radius 3 is 2.88 bits per heavy atom. The van der Waals surface area contributed by atoms with Crippen molar-refractivity contribution in [3.8, 4) is 0 Å². The van der Waals surface area contributed by atoms with E-state index in [1.807, 2.05) is 0 Å². The maximum absolute atomic E-state index is 10.4. The second-order valence-corrected chi connectivity index (χ2v) is 2.11. The summed E-state index contributed by atoms with van der Waals surface area (Å²) in [6, 6.07) is 0. The van der Waals surface area contributed by atoms with E-state index in [9.17, 15) is 4.79 Å². The van der Waals surface area contributed by atoms with Crippen LogP contribution in [0.25, 0.3) is 0 Å². The van der Waals surface area contributed by atoms with Gasteiger partial charge in [0.05, 0.1) is 0 Å². The first-order valence-corrected chi connectivity index (χ1v) is 2.79. The highest BCUT2D eigenvalue weighted by molar-refractivity contribution is 5.78. The van der Waals surface area contributed by atoms with Crippen LogP contribution in [0.1, 0.15) is 6.42 Å². The lowest BCUT2D eigenvalue weighted by atomic mass is 10.1. The highest BCUT2D eigenvalue weighted by atomic mass is 16.1. The van der Waals surface area contributed by atoms with Crippen LogP contribution >= 0.6 is 0 Å². The topological polar surface area (TPSA) is 55.1 Å². The molecule has 0 unspecified atom stereocenters. The molecule has 8 heavy (non-hydrogen) atoms. The minimum absolute atomic E-state index is 0.139. The van der Waals surface area contributed by atoms with Crippen molar-refractivity contribution in [3.63, 3.8) is 0 Å². The third-order valence-electron chi connectivity index (χ3n) is 1.40.